The van der Waals surface area contributed by atoms with Crippen LogP contribution in [-0.2, 0) is 9.53 Å². The van der Waals surface area contributed by atoms with Crippen LogP contribution in [0, 0.1) is 5.92 Å². The van der Waals surface area contributed by atoms with Crippen LogP contribution < -0.4 is 0 Å². The van der Waals surface area contributed by atoms with Gasteiger partial charge >= 0.3 is 29.9 Å². The second-order valence-electron chi connectivity index (χ2n) is 5.67. The molecule has 0 rings (SSSR count). The number of halogens is 9. The van der Waals surface area contributed by atoms with Crippen LogP contribution >= 0.6 is 0 Å². The molecule has 0 saturated heterocycles. The van der Waals surface area contributed by atoms with Gasteiger partial charge in [-0.1, -0.05) is 20.8 Å². The molecule has 0 aromatic carbocycles. The Morgan fingerprint density at radius 2 is 1.36 bits per heavy atom. The minimum atomic E-state index is -6.90. The summed E-state index contributed by atoms with van der Waals surface area (Å²) in [6, 6.07) is 0. The number of alkyl halides is 9. The molecule has 0 heterocycles. The molecule has 0 aromatic rings. The molecule has 150 valence electrons. The van der Waals surface area contributed by atoms with E-state index in [4.69, 9.17) is 4.74 Å². The predicted molar refractivity (Wildman–Crippen MR) is 69.8 cm³/mol. The van der Waals surface area contributed by atoms with Gasteiger partial charge in [0.1, 0.15) is 6.10 Å². The molecule has 0 spiro atoms. The number of ether oxygens (including phenoxy) is 1. The van der Waals surface area contributed by atoms with E-state index in [2.05, 4.69) is 0 Å². The van der Waals surface area contributed by atoms with Gasteiger partial charge in [0.25, 0.3) is 0 Å². The number of carbonyl (C=O) groups is 1. The summed E-state index contributed by atoms with van der Waals surface area (Å²) in [6.07, 6.45) is -10.9. The highest BCUT2D eigenvalue weighted by molar-refractivity contribution is 5.72. The number of esters is 1. The zero-order chi connectivity index (χ0) is 20.3. The van der Waals surface area contributed by atoms with Gasteiger partial charge in [0.15, 0.2) is 0 Å². The molecule has 0 aromatic heterocycles. The highest BCUT2D eigenvalue weighted by Gasteiger charge is 2.81. The van der Waals surface area contributed by atoms with Crippen molar-refractivity contribution in [1.82, 2.24) is 0 Å². The van der Waals surface area contributed by atoms with Crippen LogP contribution in [0.1, 0.15) is 46.5 Å². The second-order valence-corrected chi connectivity index (χ2v) is 5.67. The molecule has 0 bridgehead atoms. The number of hydrogen-bond acceptors (Lipinski definition) is 2. The highest BCUT2D eigenvalue weighted by Crippen LogP contribution is 2.54. The Kier molecular flexibility index (Phi) is 7.65. The van der Waals surface area contributed by atoms with Gasteiger partial charge < -0.3 is 4.74 Å². The van der Waals surface area contributed by atoms with Crippen molar-refractivity contribution in [3.8, 4) is 0 Å². The largest absolute Gasteiger partial charge is 0.462 e. The molecule has 0 aliphatic rings. The normalized spacial score (nSPS) is 16.5. The third kappa shape index (κ3) is 5.16. The Morgan fingerprint density at radius 1 is 0.880 bits per heavy atom. The van der Waals surface area contributed by atoms with Gasteiger partial charge in [0.2, 0.25) is 0 Å². The Labute approximate surface area is 138 Å². The number of carbonyl (C=O) groups excluding carboxylic acids is 1. The fourth-order valence-electron chi connectivity index (χ4n) is 1.70. The lowest BCUT2D eigenvalue weighted by Gasteiger charge is -2.34. The van der Waals surface area contributed by atoms with Crippen LogP contribution in [-0.4, -0.2) is 36.0 Å². The average molecular weight is 390 g/mol. The van der Waals surface area contributed by atoms with E-state index in [-0.39, 0.29) is 6.42 Å². The van der Waals surface area contributed by atoms with Crippen molar-refractivity contribution in [2.24, 2.45) is 5.92 Å². The first-order valence-corrected chi connectivity index (χ1v) is 7.45. The fraction of sp³-hybridized carbons (Fsp3) is 0.929. The van der Waals surface area contributed by atoms with E-state index in [1.165, 1.54) is 13.8 Å². The smallest absolute Gasteiger partial charge is 0.460 e. The van der Waals surface area contributed by atoms with Crippen molar-refractivity contribution in [1.29, 1.82) is 0 Å². The minimum Gasteiger partial charge on any atom is -0.462 e. The van der Waals surface area contributed by atoms with Crippen molar-refractivity contribution < 1.29 is 49.0 Å². The average Bonchev–Trinajstić information content (AvgIpc) is 2.48. The van der Waals surface area contributed by atoms with Gasteiger partial charge in [0, 0.05) is 6.42 Å². The summed E-state index contributed by atoms with van der Waals surface area (Å²) in [7, 11) is 0. The van der Waals surface area contributed by atoms with E-state index in [1.807, 2.05) is 0 Å². The Bertz CT molecular complexity index is 446. The SMILES string of the molecule is CCC(CCC(F)(F)C(F)(F)C(F)(F)C(F)(F)F)OC(=O)C(C)CC. The summed E-state index contributed by atoms with van der Waals surface area (Å²) >= 11 is 0. The molecule has 0 fully saturated rings. The lowest BCUT2D eigenvalue weighted by molar-refractivity contribution is -0.397. The third-order valence-electron chi connectivity index (χ3n) is 3.74. The summed E-state index contributed by atoms with van der Waals surface area (Å²) in [5.74, 6) is -20.6. The summed E-state index contributed by atoms with van der Waals surface area (Å²) in [5, 5.41) is 0. The van der Waals surface area contributed by atoms with E-state index >= 15 is 0 Å². The number of rotatable bonds is 9. The molecule has 11 heteroatoms. The van der Waals surface area contributed by atoms with Gasteiger partial charge in [-0.2, -0.15) is 39.5 Å². The summed E-state index contributed by atoms with van der Waals surface area (Å²) in [5.41, 5.74) is 0. The van der Waals surface area contributed by atoms with Gasteiger partial charge in [-0.25, -0.2) is 0 Å². The van der Waals surface area contributed by atoms with Crippen LogP contribution in [0.15, 0.2) is 0 Å². The molecule has 2 atom stereocenters. The maximum atomic E-state index is 13.4. The zero-order valence-electron chi connectivity index (χ0n) is 13.7. The zero-order valence-corrected chi connectivity index (χ0v) is 13.7. The van der Waals surface area contributed by atoms with Crippen molar-refractivity contribution in [3.05, 3.63) is 0 Å². The third-order valence-corrected chi connectivity index (χ3v) is 3.74. The van der Waals surface area contributed by atoms with Crippen LogP contribution in [0.5, 0.6) is 0 Å². The molecule has 0 saturated carbocycles. The molecule has 0 N–H and O–H groups in total. The van der Waals surface area contributed by atoms with Crippen LogP contribution in [0.25, 0.3) is 0 Å². The van der Waals surface area contributed by atoms with Gasteiger partial charge in [-0.05, 0) is 19.3 Å². The van der Waals surface area contributed by atoms with Crippen LogP contribution in [0.4, 0.5) is 39.5 Å². The van der Waals surface area contributed by atoms with E-state index in [0.29, 0.717) is 6.42 Å². The van der Waals surface area contributed by atoms with Gasteiger partial charge in [-0.3, -0.25) is 4.79 Å². The lowest BCUT2D eigenvalue weighted by atomic mass is 9.97. The van der Waals surface area contributed by atoms with Crippen molar-refractivity contribution in [3.63, 3.8) is 0 Å². The van der Waals surface area contributed by atoms with Gasteiger partial charge in [0.05, 0.1) is 5.92 Å². The van der Waals surface area contributed by atoms with Gasteiger partial charge in [-0.15, -0.1) is 0 Å². The quantitative estimate of drug-likeness (QED) is 0.378. The molecule has 0 amide bonds. The molecular formula is C14H19F9O2. The Balaban J connectivity index is 5.14. The summed E-state index contributed by atoms with van der Waals surface area (Å²) in [6.45, 7) is 4.44. The van der Waals surface area contributed by atoms with Crippen LogP contribution in [0.2, 0.25) is 0 Å². The standard InChI is InChI=1S/C14H19F9O2/c1-4-8(3)10(24)25-9(5-2)6-7-11(15,16)12(17,18)13(19,20)14(21,22)23/h8-9H,4-7H2,1-3H3. The maximum Gasteiger partial charge on any atom is 0.460 e. The molecule has 2 unspecified atom stereocenters. The first kappa shape index (κ1) is 23.8. The topological polar surface area (TPSA) is 26.3 Å². The Hall–Kier alpha value is -1.16. The molecular weight excluding hydrogens is 371 g/mol. The van der Waals surface area contributed by atoms with Crippen molar-refractivity contribution in [2.75, 3.05) is 0 Å². The lowest BCUT2D eigenvalue weighted by Crippen LogP contribution is -2.60. The highest BCUT2D eigenvalue weighted by atomic mass is 19.4. The van der Waals surface area contributed by atoms with E-state index in [0.717, 1.165) is 0 Å². The summed E-state index contributed by atoms with van der Waals surface area (Å²) < 4.78 is 119. The molecule has 0 aliphatic carbocycles. The van der Waals surface area contributed by atoms with Crippen molar-refractivity contribution >= 4 is 5.97 Å². The molecule has 2 nitrogen and oxygen atoms in total. The minimum absolute atomic E-state index is 0.0977. The van der Waals surface area contributed by atoms with E-state index in [1.54, 1.807) is 6.92 Å². The van der Waals surface area contributed by atoms with Crippen LogP contribution in [0.3, 0.4) is 0 Å². The Morgan fingerprint density at radius 3 is 1.72 bits per heavy atom. The molecule has 0 aliphatic heterocycles. The monoisotopic (exact) mass is 390 g/mol. The van der Waals surface area contributed by atoms with E-state index in [9.17, 15) is 44.3 Å². The van der Waals surface area contributed by atoms with E-state index < -0.39 is 54.8 Å². The maximum absolute atomic E-state index is 13.4. The van der Waals surface area contributed by atoms with Crippen molar-refractivity contribution in [2.45, 2.75) is 76.5 Å². The first-order chi connectivity index (χ1) is 11.0. The molecule has 0 radical (unpaired) electrons. The first-order valence-electron chi connectivity index (χ1n) is 7.45. The fourth-order valence-corrected chi connectivity index (χ4v) is 1.70. The predicted octanol–water partition coefficient (Wildman–Crippen LogP) is 5.60. The summed E-state index contributed by atoms with van der Waals surface area (Å²) in [4.78, 5) is 11.5. The number of hydrogen-bond donors (Lipinski definition) is 0. The second kappa shape index (κ2) is 8.03. The molecule has 25 heavy (non-hydrogen) atoms.